The Kier molecular flexibility index (Phi) is 7.53. The third-order valence-electron chi connectivity index (χ3n) is 4.23. The van der Waals surface area contributed by atoms with Crippen LogP contribution < -0.4 is 19.6 Å². The highest BCUT2D eigenvalue weighted by Crippen LogP contribution is 2.38. The van der Waals surface area contributed by atoms with Crippen molar-refractivity contribution in [3.63, 3.8) is 0 Å². The number of piperidine rings is 1. The summed E-state index contributed by atoms with van der Waals surface area (Å²) >= 11 is 0. The first-order chi connectivity index (χ1) is 12.2. The molecule has 0 unspecified atom stereocenters. The molecule has 7 heteroatoms. The van der Waals surface area contributed by atoms with Crippen LogP contribution in [0, 0.1) is 0 Å². The number of nitrogens with zero attached hydrogens (tertiary/aromatic N) is 2. The van der Waals surface area contributed by atoms with Crippen molar-refractivity contribution in [1.29, 1.82) is 0 Å². The lowest BCUT2D eigenvalue weighted by Gasteiger charge is -2.25. The quantitative estimate of drug-likeness (QED) is 0.574. The standard InChI is InChI=1S/C18H27N3O4/c1-23-15-8-7-14(17(24-2)18(15)25-3)13-19-20-16(22)9-12-21-10-5-4-6-11-21/h7-8,13H,4-6,9-12H2,1-3H3,(H,20,22)/b19-13+. The van der Waals surface area contributed by atoms with Gasteiger partial charge < -0.3 is 19.1 Å². The Balaban J connectivity index is 1.91. The molecule has 0 aliphatic carbocycles. The molecule has 1 aliphatic rings. The first-order valence-electron chi connectivity index (χ1n) is 8.52. The molecule has 1 amide bonds. The van der Waals surface area contributed by atoms with Crippen molar-refractivity contribution >= 4 is 12.1 Å². The van der Waals surface area contributed by atoms with Gasteiger partial charge in [0.2, 0.25) is 11.7 Å². The third-order valence-corrected chi connectivity index (χ3v) is 4.23. The van der Waals surface area contributed by atoms with Crippen LogP contribution in [0.25, 0.3) is 0 Å². The van der Waals surface area contributed by atoms with Crippen molar-refractivity contribution in [1.82, 2.24) is 10.3 Å². The van der Waals surface area contributed by atoms with E-state index in [0.717, 1.165) is 19.6 Å². The number of likely N-dealkylation sites (tertiary alicyclic amines) is 1. The first kappa shape index (κ1) is 19.1. The molecule has 25 heavy (non-hydrogen) atoms. The highest BCUT2D eigenvalue weighted by Gasteiger charge is 2.15. The van der Waals surface area contributed by atoms with Gasteiger partial charge in [-0.1, -0.05) is 6.42 Å². The average Bonchev–Trinajstić information content (AvgIpc) is 2.66. The summed E-state index contributed by atoms with van der Waals surface area (Å²) in [6.45, 7) is 2.94. The van der Waals surface area contributed by atoms with Crippen LogP contribution in [-0.2, 0) is 4.79 Å². The maximum Gasteiger partial charge on any atom is 0.241 e. The van der Waals surface area contributed by atoms with Crippen LogP contribution in [0.15, 0.2) is 17.2 Å². The second-order valence-electron chi connectivity index (χ2n) is 5.87. The molecule has 0 atom stereocenters. The monoisotopic (exact) mass is 349 g/mol. The molecular weight excluding hydrogens is 322 g/mol. The van der Waals surface area contributed by atoms with E-state index in [-0.39, 0.29) is 5.91 Å². The predicted molar refractivity (Wildman–Crippen MR) is 96.7 cm³/mol. The average molecular weight is 349 g/mol. The number of carbonyl (C=O) groups excluding carboxylic acids is 1. The predicted octanol–water partition coefficient (Wildman–Crippen LogP) is 2.04. The van der Waals surface area contributed by atoms with E-state index in [1.54, 1.807) is 39.7 Å². The van der Waals surface area contributed by atoms with Gasteiger partial charge in [-0.15, -0.1) is 0 Å². The molecule has 0 aromatic heterocycles. The Labute approximate surface area is 148 Å². The highest BCUT2D eigenvalue weighted by atomic mass is 16.5. The summed E-state index contributed by atoms with van der Waals surface area (Å²) in [4.78, 5) is 14.3. The third kappa shape index (κ3) is 5.35. The molecule has 1 N–H and O–H groups in total. The fraction of sp³-hybridized carbons (Fsp3) is 0.556. The normalized spacial score (nSPS) is 15.2. The van der Waals surface area contributed by atoms with Crippen molar-refractivity contribution in [2.24, 2.45) is 5.10 Å². The van der Waals surface area contributed by atoms with Crippen molar-refractivity contribution in [3.8, 4) is 17.2 Å². The van der Waals surface area contributed by atoms with Gasteiger partial charge in [0, 0.05) is 18.5 Å². The second-order valence-corrected chi connectivity index (χ2v) is 5.87. The van der Waals surface area contributed by atoms with Gasteiger partial charge in [-0.25, -0.2) is 5.43 Å². The summed E-state index contributed by atoms with van der Waals surface area (Å²) in [6, 6.07) is 3.56. The van der Waals surface area contributed by atoms with Crippen LogP contribution in [0.1, 0.15) is 31.2 Å². The molecule has 1 aliphatic heterocycles. The van der Waals surface area contributed by atoms with Crippen LogP contribution in [0.2, 0.25) is 0 Å². The van der Waals surface area contributed by atoms with Crippen LogP contribution in [0.5, 0.6) is 17.2 Å². The van der Waals surface area contributed by atoms with Crippen molar-refractivity contribution in [2.75, 3.05) is 41.0 Å². The number of hydrazone groups is 1. The molecule has 0 spiro atoms. The van der Waals surface area contributed by atoms with Gasteiger partial charge in [0.25, 0.3) is 0 Å². The zero-order valence-corrected chi connectivity index (χ0v) is 15.2. The fourth-order valence-electron chi connectivity index (χ4n) is 2.90. The van der Waals surface area contributed by atoms with Gasteiger partial charge in [-0.2, -0.15) is 5.10 Å². The summed E-state index contributed by atoms with van der Waals surface area (Å²) in [7, 11) is 4.66. The van der Waals surface area contributed by atoms with E-state index in [1.165, 1.54) is 19.3 Å². The van der Waals surface area contributed by atoms with Crippen LogP contribution in [0.3, 0.4) is 0 Å². The van der Waals surface area contributed by atoms with E-state index in [2.05, 4.69) is 15.4 Å². The zero-order valence-electron chi connectivity index (χ0n) is 15.2. The Hall–Kier alpha value is -2.28. The molecule has 0 saturated carbocycles. The number of ether oxygens (including phenoxy) is 3. The Bertz CT molecular complexity index is 598. The number of carbonyl (C=O) groups is 1. The molecule has 1 aromatic carbocycles. The number of nitrogens with one attached hydrogen (secondary N) is 1. The molecule has 1 aromatic rings. The lowest BCUT2D eigenvalue weighted by molar-refractivity contribution is -0.121. The maximum absolute atomic E-state index is 11.9. The summed E-state index contributed by atoms with van der Waals surface area (Å²) in [5.74, 6) is 1.47. The van der Waals surface area contributed by atoms with Gasteiger partial charge in [0.15, 0.2) is 11.5 Å². The van der Waals surface area contributed by atoms with Gasteiger partial charge in [0.05, 0.1) is 27.5 Å². The largest absolute Gasteiger partial charge is 0.493 e. The number of methoxy groups -OCH3 is 3. The lowest BCUT2D eigenvalue weighted by Crippen LogP contribution is -2.33. The summed E-state index contributed by atoms with van der Waals surface area (Å²) < 4.78 is 15.9. The van der Waals surface area contributed by atoms with E-state index < -0.39 is 0 Å². The SMILES string of the molecule is COc1ccc(/C=N/NC(=O)CCN2CCCCC2)c(OC)c1OC. The van der Waals surface area contributed by atoms with Crippen molar-refractivity contribution in [3.05, 3.63) is 17.7 Å². The molecule has 0 bridgehead atoms. The molecular formula is C18H27N3O4. The number of hydrogen-bond donors (Lipinski definition) is 1. The van der Waals surface area contributed by atoms with Crippen molar-refractivity contribution in [2.45, 2.75) is 25.7 Å². The summed E-state index contributed by atoms with van der Waals surface area (Å²) in [6.07, 6.45) is 5.72. The minimum atomic E-state index is -0.0960. The Morgan fingerprint density at radius 1 is 1.12 bits per heavy atom. The smallest absolute Gasteiger partial charge is 0.241 e. The number of amides is 1. The maximum atomic E-state index is 11.9. The summed E-state index contributed by atoms with van der Waals surface area (Å²) in [5.41, 5.74) is 3.26. The zero-order chi connectivity index (χ0) is 18.1. The van der Waals surface area contributed by atoms with Gasteiger partial charge in [0.1, 0.15) is 0 Å². The summed E-state index contributed by atoms with van der Waals surface area (Å²) in [5, 5.41) is 4.03. The topological polar surface area (TPSA) is 72.4 Å². The molecule has 2 rings (SSSR count). The number of rotatable bonds is 8. The number of hydrogen-bond acceptors (Lipinski definition) is 6. The van der Waals surface area contributed by atoms with Gasteiger partial charge in [-0.3, -0.25) is 4.79 Å². The van der Waals surface area contributed by atoms with Gasteiger partial charge >= 0.3 is 0 Å². The minimum absolute atomic E-state index is 0.0960. The van der Waals surface area contributed by atoms with Crippen LogP contribution in [-0.4, -0.2) is 58.0 Å². The Morgan fingerprint density at radius 2 is 1.84 bits per heavy atom. The molecule has 0 radical (unpaired) electrons. The van der Waals surface area contributed by atoms with E-state index in [0.29, 0.717) is 29.2 Å². The van der Waals surface area contributed by atoms with E-state index in [9.17, 15) is 4.79 Å². The second kappa shape index (κ2) is 9.88. The molecule has 1 heterocycles. The lowest BCUT2D eigenvalue weighted by atomic mass is 10.1. The first-order valence-corrected chi connectivity index (χ1v) is 8.52. The molecule has 138 valence electrons. The van der Waals surface area contributed by atoms with E-state index in [1.807, 2.05) is 0 Å². The van der Waals surface area contributed by atoms with Crippen LogP contribution in [0.4, 0.5) is 0 Å². The molecule has 1 fully saturated rings. The Morgan fingerprint density at radius 3 is 2.48 bits per heavy atom. The molecule has 1 saturated heterocycles. The molecule has 7 nitrogen and oxygen atoms in total. The van der Waals surface area contributed by atoms with Crippen molar-refractivity contribution < 1.29 is 19.0 Å². The van der Waals surface area contributed by atoms with E-state index in [4.69, 9.17) is 14.2 Å². The van der Waals surface area contributed by atoms with Gasteiger partial charge in [-0.05, 0) is 38.1 Å². The fourth-order valence-corrected chi connectivity index (χ4v) is 2.90. The number of benzene rings is 1. The van der Waals surface area contributed by atoms with Crippen LogP contribution >= 0.6 is 0 Å². The van der Waals surface area contributed by atoms with E-state index >= 15 is 0 Å². The minimum Gasteiger partial charge on any atom is -0.493 e. The highest BCUT2D eigenvalue weighted by molar-refractivity contribution is 5.87.